The molecule has 0 unspecified atom stereocenters. The van der Waals surface area contributed by atoms with Crippen molar-refractivity contribution in [2.75, 3.05) is 0 Å². The second-order valence-electron chi connectivity index (χ2n) is 11.7. The topological polar surface area (TPSA) is 77.7 Å². The molecule has 1 aromatic rings. The molecule has 6 rings (SSSR count). The first kappa shape index (κ1) is 21.0. The van der Waals surface area contributed by atoms with E-state index in [1.165, 1.54) is 0 Å². The Morgan fingerprint density at radius 3 is 2.47 bits per heavy atom. The summed E-state index contributed by atoms with van der Waals surface area (Å²) in [7, 11) is 0. The lowest BCUT2D eigenvalue weighted by Gasteiger charge is -2.69. The van der Waals surface area contributed by atoms with E-state index in [4.69, 9.17) is 26.3 Å². The normalized spacial score (nSPS) is 50.4. The molecular formula is C26H31ClN2O3. The van der Waals surface area contributed by atoms with Crippen LogP contribution in [0, 0.1) is 16.7 Å². The average molecular weight is 455 g/mol. The van der Waals surface area contributed by atoms with Gasteiger partial charge in [-0.15, -0.1) is 18.2 Å². The van der Waals surface area contributed by atoms with Crippen LogP contribution in [0.1, 0.15) is 52.2 Å². The lowest BCUT2D eigenvalue weighted by Crippen LogP contribution is -2.83. The van der Waals surface area contributed by atoms with Crippen molar-refractivity contribution in [2.24, 2.45) is 26.7 Å². The molecule has 0 radical (unpaired) electrons. The second-order valence-corrected chi connectivity index (χ2v) is 12.3. The first-order valence-corrected chi connectivity index (χ1v) is 11.8. The van der Waals surface area contributed by atoms with Crippen molar-refractivity contribution in [3.8, 4) is 0 Å². The number of epoxide rings is 1. The fourth-order valence-electron chi connectivity index (χ4n) is 8.22. The predicted octanol–water partition coefficient (Wildman–Crippen LogP) is 4.05. The molecule has 2 saturated carbocycles. The fraction of sp³-hybridized carbons (Fsp3) is 0.615. The van der Waals surface area contributed by atoms with Gasteiger partial charge in [0.05, 0.1) is 17.5 Å². The maximum absolute atomic E-state index is 13.2. The molecule has 0 bridgehead atoms. The van der Waals surface area contributed by atoms with Crippen molar-refractivity contribution in [3.63, 3.8) is 0 Å². The molecule has 1 saturated heterocycles. The van der Waals surface area contributed by atoms with Crippen molar-refractivity contribution < 1.29 is 14.9 Å². The number of rotatable bonds is 2. The van der Waals surface area contributed by atoms with Crippen LogP contribution in [0.5, 0.6) is 0 Å². The zero-order valence-corrected chi connectivity index (χ0v) is 20.1. The third-order valence-electron chi connectivity index (χ3n) is 9.99. The van der Waals surface area contributed by atoms with Crippen LogP contribution >= 0.6 is 11.6 Å². The molecule has 2 aliphatic heterocycles. The Morgan fingerprint density at radius 2 is 1.84 bits per heavy atom. The van der Waals surface area contributed by atoms with E-state index in [2.05, 4.69) is 33.2 Å². The Balaban J connectivity index is 1.85. The van der Waals surface area contributed by atoms with Gasteiger partial charge in [-0.05, 0) is 30.2 Å². The van der Waals surface area contributed by atoms with Crippen LogP contribution < -0.4 is 0 Å². The third kappa shape index (κ3) is 1.67. The van der Waals surface area contributed by atoms with Crippen molar-refractivity contribution in [1.29, 1.82) is 0 Å². The van der Waals surface area contributed by atoms with E-state index in [1.54, 1.807) is 6.08 Å². The summed E-state index contributed by atoms with van der Waals surface area (Å²) in [5.41, 5.74) is -3.83. The van der Waals surface area contributed by atoms with Gasteiger partial charge >= 0.3 is 0 Å². The smallest absolute Gasteiger partial charge is 0.162 e. The van der Waals surface area contributed by atoms with Crippen LogP contribution in [-0.4, -0.2) is 51.4 Å². The van der Waals surface area contributed by atoms with Crippen LogP contribution in [-0.2, 0) is 15.8 Å². The highest BCUT2D eigenvalue weighted by Crippen LogP contribution is 2.76. The molecule has 32 heavy (non-hydrogen) atoms. The van der Waals surface area contributed by atoms with Gasteiger partial charge in [0.15, 0.2) is 5.60 Å². The van der Waals surface area contributed by atoms with Crippen LogP contribution in [0.3, 0.4) is 0 Å². The quantitative estimate of drug-likeness (QED) is 0.306. The molecule has 5 aliphatic rings. The fourth-order valence-corrected chi connectivity index (χ4v) is 8.66. The van der Waals surface area contributed by atoms with Crippen LogP contribution in [0.25, 0.3) is 0 Å². The van der Waals surface area contributed by atoms with Crippen molar-refractivity contribution in [1.82, 2.24) is 0 Å². The molecule has 3 fully saturated rings. The summed E-state index contributed by atoms with van der Waals surface area (Å²) >= 11 is 7.14. The maximum Gasteiger partial charge on any atom is 0.162 e. The van der Waals surface area contributed by atoms with Gasteiger partial charge < -0.3 is 14.9 Å². The summed E-state index contributed by atoms with van der Waals surface area (Å²) in [6.45, 7) is 18.4. The molecule has 6 heteroatoms. The Morgan fingerprint density at radius 1 is 1.16 bits per heavy atom. The summed E-state index contributed by atoms with van der Waals surface area (Å²) in [5, 5.41) is 25.8. The summed E-state index contributed by atoms with van der Waals surface area (Å²) in [5.74, 6) is -0.411. The van der Waals surface area contributed by atoms with Gasteiger partial charge in [-0.3, -0.25) is 9.98 Å². The summed E-state index contributed by atoms with van der Waals surface area (Å²) < 4.78 is 6.34. The minimum absolute atomic E-state index is 0.284. The third-order valence-corrected chi connectivity index (χ3v) is 10.6. The number of alkyl halides is 1. The largest absolute Gasteiger partial charge is 0.383 e. The summed E-state index contributed by atoms with van der Waals surface area (Å²) in [6.07, 6.45) is 1.53. The molecule has 2 N–H and O–H groups in total. The van der Waals surface area contributed by atoms with Crippen LogP contribution in [0.15, 0.2) is 40.8 Å². The molecule has 0 spiro atoms. The zero-order valence-electron chi connectivity index (χ0n) is 19.3. The monoisotopic (exact) mass is 454 g/mol. The highest BCUT2D eigenvalue weighted by Gasteiger charge is 2.89. The first-order valence-electron chi connectivity index (χ1n) is 11.4. The minimum Gasteiger partial charge on any atom is -0.383 e. The Bertz CT molecular complexity index is 1140. The highest BCUT2D eigenvalue weighted by molar-refractivity contribution is 6.21. The van der Waals surface area contributed by atoms with Crippen LogP contribution in [0.2, 0.25) is 0 Å². The van der Waals surface area contributed by atoms with Gasteiger partial charge in [-0.1, -0.05) is 52.8 Å². The van der Waals surface area contributed by atoms with Crippen molar-refractivity contribution in [2.45, 2.75) is 80.8 Å². The number of aliphatic hydroxyl groups is 2. The molecule has 170 valence electrons. The van der Waals surface area contributed by atoms with Gasteiger partial charge in [-0.2, -0.15) is 0 Å². The molecule has 2 heterocycles. The summed E-state index contributed by atoms with van der Waals surface area (Å²) in [6, 6.07) is 5.95. The van der Waals surface area contributed by atoms with Gasteiger partial charge in [0.1, 0.15) is 17.2 Å². The van der Waals surface area contributed by atoms with Gasteiger partial charge in [0.2, 0.25) is 0 Å². The SMILES string of the molecule is C=C[C@@]1(C)[C@H](Cl)C[C@@H]2C(C)(C)c3cccc4c3[C@@]3(O)C(=N4)C(C)(C)[C@@H]4O[C@@H]4[C@@]1(N=C)[C@@]23O. The number of aliphatic imine (C=N–C) groups is 2. The second kappa shape index (κ2) is 5.41. The number of fused-ring (bicyclic) bond motifs is 2. The number of hydrogen-bond donors (Lipinski definition) is 2. The number of ether oxygens (including phenoxy) is 1. The Kier molecular flexibility index (Phi) is 3.55. The van der Waals surface area contributed by atoms with Crippen molar-refractivity contribution in [3.05, 3.63) is 42.0 Å². The van der Waals surface area contributed by atoms with E-state index in [1.807, 2.05) is 32.9 Å². The lowest BCUT2D eigenvalue weighted by atomic mass is 9.39. The number of hydrogen-bond acceptors (Lipinski definition) is 5. The minimum atomic E-state index is -1.74. The van der Waals surface area contributed by atoms with E-state index >= 15 is 0 Å². The van der Waals surface area contributed by atoms with E-state index in [0.29, 0.717) is 23.4 Å². The van der Waals surface area contributed by atoms with Crippen molar-refractivity contribution >= 4 is 29.7 Å². The average Bonchev–Trinajstić information content (AvgIpc) is 3.49. The Hall–Kier alpha value is -1.53. The van der Waals surface area contributed by atoms with Crippen LogP contribution in [0.4, 0.5) is 5.69 Å². The number of halogens is 1. The number of benzene rings is 1. The van der Waals surface area contributed by atoms with Gasteiger partial charge in [0.25, 0.3) is 0 Å². The standard InChI is InChI=1S/C26H31ClN2O3/c1-8-23(6)16(27)12-15-21(2,3)13-10-9-11-14-17(13)24(30)20(29-14)22(4,5)18-19(32-18)25(23,28-7)26(15,24)31/h8-11,15-16,18-19,30-31H,1,7,12H2,2-6H3/t15-,16-,18-,19+,23+,24-,25+,26-/m1/s1. The van der Waals surface area contributed by atoms with Gasteiger partial charge in [-0.25, -0.2) is 0 Å². The number of nitrogens with zero attached hydrogens (tertiary/aromatic N) is 2. The molecule has 0 aromatic heterocycles. The van der Waals surface area contributed by atoms with E-state index in [-0.39, 0.29) is 11.5 Å². The summed E-state index contributed by atoms with van der Waals surface area (Å²) in [4.78, 5) is 9.71. The van der Waals surface area contributed by atoms with Gasteiger partial charge in [0, 0.05) is 27.7 Å². The molecule has 5 nitrogen and oxygen atoms in total. The first-order chi connectivity index (χ1) is 14.8. The molecular weight excluding hydrogens is 424 g/mol. The lowest BCUT2D eigenvalue weighted by molar-refractivity contribution is -0.253. The molecule has 3 aliphatic carbocycles. The van der Waals surface area contributed by atoms with E-state index in [0.717, 1.165) is 5.56 Å². The molecule has 1 aromatic carbocycles. The Labute approximate surface area is 194 Å². The maximum atomic E-state index is 13.2. The zero-order chi connectivity index (χ0) is 23.3. The van der Waals surface area contributed by atoms with E-state index in [9.17, 15) is 10.2 Å². The predicted molar refractivity (Wildman–Crippen MR) is 126 cm³/mol. The highest BCUT2D eigenvalue weighted by atomic mass is 35.5. The molecule has 8 atom stereocenters. The van der Waals surface area contributed by atoms with E-state index < -0.39 is 45.0 Å². The molecule has 0 amide bonds.